The Hall–Kier alpha value is 2.87. The Labute approximate surface area is 117 Å². The summed E-state index contributed by atoms with van der Waals surface area (Å²) < 4.78 is 36.2. The van der Waals surface area contributed by atoms with Gasteiger partial charge in [0.05, 0.1) is 0 Å². The first-order valence-electron chi connectivity index (χ1n) is 1.67. The standard InChI is InChI=1S/CH3.3Na.H2O4S/c;;;;1-5(2,3)4/h1H3;;;;(H2,1,2,3,4)/q;;2*+1;/p-2. The predicted molar refractivity (Wildman–Crippen MR) is 22.1 cm³/mol. The van der Waals surface area contributed by atoms with E-state index >= 15 is 0 Å². The fourth-order valence-corrected chi connectivity index (χ4v) is 0. The van der Waals surface area contributed by atoms with Crippen molar-refractivity contribution in [2.24, 2.45) is 0 Å². The first kappa shape index (κ1) is 22.6. The quantitative estimate of drug-likeness (QED) is 0.211. The van der Waals surface area contributed by atoms with Gasteiger partial charge in [-0.3, -0.25) is 8.42 Å². The zero-order valence-corrected chi connectivity index (χ0v) is 12.9. The Balaban J connectivity index is -0.0000000286. The van der Waals surface area contributed by atoms with Crippen LogP contribution >= 0.6 is 0 Å². The van der Waals surface area contributed by atoms with Crippen LogP contribution < -0.4 is 59.1 Å². The van der Waals surface area contributed by atoms with Crippen LogP contribution in [0.1, 0.15) is 0 Å². The Morgan fingerprint density at radius 1 is 1.11 bits per heavy atom. The van der Waals surface area contributed by atoms with Crippen LogP contribution in [0.15, 0.2) is 0 Å². The van der Waals surface area contributed by atoms with E-state index in [0.29, 0.717) is 0 Å². The van der Waals surface area contributed by atoms with Gasteiger partial charge in [0.2, 0.25) is 0 Å². The summed E-state index contributed by atoms with van der Waals surface area (Å²) in [6.07, 6.45) is 0. The molecule has 0 aliphatic rings. The maximum atomic E-state index is 8.52. The number of hydrogen-bond acceptors (Lipinski definition) is 4. The second-order valence-corrected chi connectivity index (χ2v) is 1.22. The van der Waals surface area contributed by atoms with Gasteiger partial charge in [-0.05, 0) is 0 Å². The summed E-state index contributed by atoms with van der Waals surface area (Å²) in [4.78, 5) is 0. The number of hydrogen-bond donors (Lipinski definition) is 0. The van der Waals surface area contributed by atoms with E-state index in [1.807, 2.05) is 0 Å². The molecule has 0 bridgehead atoms. The Kier molecular flexibility index (Phi) is 33.9. The Bertz CT molecular complexity index is 99.0. The van der Waals surface area contributed by atoms with E-state index < -0.39 is 10.4 Å². The third-order valence-corrected chi connectivity index (χ3v) is 0. The minimum Gasteiger partial charge on any atom is 1.00 e. The van der Waals surface area contributed by atoms with Gasteiger partial charge in [-0.25, -0.2) is 0 Å². The fourth-order valence-electron chi connectivity index (χ4n) is 0. The molecule has 0 saturated carbocycles. The molecule has 0 amide bonds. The molecule has 0 fully saturated rings. The van der Waals surface area contributed by atoms with Crippen molar-refractivity contribution in [2.45, 2.75) is 4.17 Å². The summed E-state index contributed by atoms with van der Waals surface area (Å²) in [6.45, 7) is 0. The third-order valence-electron chi connectivity index (χ3n) is 0. The van der Waals surface area contributed by atoms with E-state index in [4.69, 9.17) is 17.5 Å². The van der Waals surface area contributed by atoms with Gasteiger partial charge >= 0.3 is 91.2 Å². The van der Waals surface area contributed by atoms with E-state index in [1.165, 1.54) is 27.9 Å². The van der Waals surface area contributed by atoms with Gasteiger partial charge in [0.25, 0.3) is 0 Å². The van der Waals surface area contributed by atoms with Crippen LogP contribution in [0.5, 0.6) is 0 Å². The maximum absolute atomic E-state index is 8.52. The molecule has 0 aliphatic heterocycles. The minimum absolute atomic E-state index is 0. The van der Waals surface area contributed by atoms with Crippen LogP contribution in [-0.4, -0.2) is 45.5 Å². The minimum atomic E-state index is -5.17. The van der Waals surface area contributed by atoms with Crippen molar-refractivity contribution in [3.05, 3.63) is 0 Å². The molecule has 9 heavy (non-hydrogen) atoms. The molecule has 0 spiro atoms. The molecule has 0 atom stereocenters. The summed E-state index contributed by atoms with van der Waals surface area (Å²) in [5.41, 5.74) is 0. The third kappa shape index (κ3) is 104. The van der Waals surface area contributed by atoms with Gasteiger partial charge in [0.15, 0.2) is 0 Å². The molecule has 0 N–H and O–H groups in total. The van der Waals surface area contributed by atoms with Crippen molar-refractivity contribution in [3.63, 3.8) is 0 Å². The largest absolute Gasteiger partial charge is 1.00 e. The van der Waals surface area contributed by atoms with Gasteiger partial charge in [-0.15, -0.1) is 0 Å². The Morgan fingerprint density at radius 2 is 1.11 bits per heavy atom. The molecule has 0 aromatic rings. The second-order valence-electron chi connectivity index (χ2n) is 0.408. The average Bonchev–Trinajstić information content (AvgIpc) is 1.36. The monoisotopic (exact) mass is 180 g/mol. The molecule has 4 nitrogen and oxygen atoms in total. The van der Waals surface area contributed by atoms with Crippen molar-refractivity contribution in [1.29, 1.82) is 0 Å². The summed E-state index contributed by atoms with van der Waals surface area (Å²) in [7, 11) is -5.17. The van der Waals surface area contributed by atoms with E-state index in [1.54, 1.807) is 0 Å². The molecule has 40 valence electrons. The van der Waals surface area contributed by atoms with Gasteiger partial charge in [-0.2, -0.15) is 0 Å². The van der Waals surface area contributed by atoms with Crippen LogP contribution in [0.2, 0.25) is 4.17 Å². The van der Waals surface area contributed by atoms with Crippen LogP contribution in [0.4, 0.5) is 0 Å². The fraction of sp³-hybridized carbons (Fsp3) is 1.00. The molecule has 0 heterocycles. The topological polar surface area (TPSA) is 80.3 Å². The second kappa shape index (κ2) is 13.5. The van der Waals surface area contributed by atoms with Crippen LogP contribution in [0.3, 0.4) is 0 Å². The van der Waals surface area contributed by atoms with E-state index in [-0.39, 0.29) is 59.1 Å². The first-order valence-corrected chi connectivity index (χ1v) is 5.00. The molecular weight excluding hydrogens is 177 g/mol. The normalized spacial score (nSPS) is 7.22. The molecule has 0 unspecified atom stereocenters. The van der Waals surface area contributed by atoms with Crippen LogP contribution in [-0.2, 0) is 10.4 Å². The summed E-state index contributed by atoms with van der Waals surface area (Å²) >= 11 is 1.31. The molecule has 0 radical (unpaired) electrons. The zero-order chi connectivity index (χ0) is 6.50. The molecule has 0 aliphatic carbocycles. The average molecular weight is 180 g/mol. The van der Waals surface area contributed by atoms with Gasteiger partial charge in [0.1, 0.15) is 0 Å². The van der Waals surface area contributed by atoms with Crippen molar-refractivity contribution >= 4 is 38.3 Å². The van der Waals surface area contributed by atoms with Crippen molar-refractivity contribution < 1.29 is 76.6 Å². The smallest absolute Gasteiger partial charge is 1.00 e. The van der Waals surface area contributed by atoms with Gasteiger partial charge in [0, 0.05) is 10.4 Å². The molecule has 0 aromatic carbocycles. The number of rotatable bonds is 0. The predicted octanol–water partition coefficient (Wildman–Crippen LogP) is -7.13. The van der Waals surface area contributed by atoms with Gasteiger partial charge in [-0.1, -0.05) is 0 Å². The van der Waals surface area contributed by atoms with Crippen molar-refractivity contribution in [1.82, 2.24) is 0 Å². The summed E-state index contributed by atoms with van der Waals surface area (Å²) in [6, 6.07) is 0. The van der Waals surface area contributed by atoms with Crippen molar-refractivity contribution in [3.8, 4) is 0 Å². The van der Waals surface area contributed by atoms with Crippen LogP contribution in [0.25, 0.3) is 0 Å². The molecule has 0 rings (SSSR count). The zero-order valence-electron chi connectivity index (χ0n) is 6.04. The van der Waals surface area contributed by atoms with Crippen molar-refractivity contribution in [2.75, 3.05) is 0 Å². The van der Waals surface area contributed by atoms with Gasteiger partial charge < -0.3 is 9.11 Å². The first-order chi connectivity index (χ1) is 3.00. The SMILES string of the molecule is O=S(=O)([O-])[O-].[CH3][Na].[Na+].[Na+]. The van der Waals surface area contributed by atoms with Crippen LogP contribution in [0, 0.1) is 0 Å². The molecular formula is CH3Na3O4S. The van der Waals surface area contributed by atoms with E-state index in [9.17, 15) is 0 Å². The van der Waals surface area contributed by atoms with E-state index in [0.717, 1.165) is 0 Å². The summed E-state index contributed by atoms with van der Waals surface area (Å²) in [5, 5.41) is 0. The molecule has 0 aromatic heterocycles. The summed E-state index contributed by atoms with van der Waals surface area (Å²) in [5.74, 6) is 0. The molecule has 8 heteroatoms. The Morgan fingerprint density at radius 3 is 1.11 bits per heavy atom. The maximum Gasteiger partial charge on any atom is 1.00 e. The van der Waals surface area contributed by atoms with E-state index in [2.05, 4.69) is 4.17 Å². The molecule has 0 saturated heterocycles.